The number of carbonyl (C=O) groups is 1. The fourth-order valence-corrected chi connectivity index (χ4v) is 0.947. The van der Waals surface area contributed by atoms with Crippen molar-refractivity contribution in [2.75, 3.05) is 0 Å². The molecular weight excluding hydrogens is 171 g/mol. The van der Waals surface area contributed by atoms with Crippen LogP contribution in [0.25, 0.3) is 6.08 Å². The van der Waals surface area contributed by atoms with E-state index in [0.717, 1.165) is 6.08 Å². The summed E-state index contributed by atoms with van der Waals surface area (Å²) in [5.41, 5.74) is 1.24. The summed E-state index contributed by atoms with van der Waals surface area (Å²) in [6.07, 6.45) is 2.46. The molecule has 1 rings (SSSR count). The number of hydrogen-bond acceptors (Lipinski definition) is 1. The number of hydrogen-bond donors (Lipinski definition) is 1. The molecule has 0 heterocycles. The van der Waals surface area contributed by atoms with E-state index in [1.54, 1.807) is 24.3 Å². The van der Waals surface area contributed by atoms with Crippen LogP contribution < -0.4 is 0 Å². The molecule has 3 heteroatoms. The maximum atomic E-state index is 12.2. The molecule has 0 atom stereocenters. The SMILES string of the molecule is O=C(O)/C=C/c1cccc(CF)c1. The van der Waals surface area contributed by atoms with E-state index in [-0.39, 0.29) is 0 Å². The first-order valence-electron chi connectivity index (χ1n) is 3.78. The molecule has 0 aliphatic carbocycles. The number of aliphatic carboxylic acids is 1. The molecule has 1 N–H and O–H groups in total. The number of benzene rings is 1. The third-order valence-corrected chi connectivity index (χ3v) is 1.52. The summed E-state index contributed by atoms with van der Waals surface area (Å²) in [6.45, 7) is -0.533. The van der Waals surface area contributed by atoms with Gasteiger partial charge in [0.05, 0.1) is 0 Å². The van der Waals surface area contributed by atoms with E-state index < -0.39 is 12.6 Å². The van der Waals surface area contributed by atoms with Gasteiger partial charge in [-0.05, 0) is 23.3 Å². The van der Waals surface area contributed by atoms with Crippen LogP contribution in [-0.4, -0.2) is 11.1 Å². The van der Waals surface area contributed by atoms with Gasteiger partial charge in [0.1, 0.15) is 6.67 Å². The standard InChI is InChI=1S/C10H9FO2/c11-7-9-3-1-2-8(6-9)4-5-10(12)13/h1-6H,7H2,(H,12,13)/b5-4+. The van der Waals surface area contributed by atoms with Crippen LogP contribution in [0.3, 0.4) is 0 Å². The van der Waals surface area contributed by atoms with Crippen molar-refractivity contribution in [2.24, 2.45) is 0 Å². The number of halogens is 1. The van der Waals surface area contributed by atoms with E-state index in [0.29, 0.717) is 11.1 Å². The molecule has 1 aromatic carbocycles. The fourth-order valence-electron chi connectivity index (χ4n) is 0.947. The van der Waals surface area contributed by atoms with Crippen molar-refractivity contribution < 1.29 is 14.3 Å². The quantitative estimate of drug-likeness (QED) is 0.724. The molecule has 0 aliphatic heterocycles. The zero-order chi connectivity index (χ0) is 9.68. The summed E-state index contributed by atoms with van der Waals surface area (Å²) in [7, 11) is 0. The fraction of sp³-hybridized carbons (Fsp3) is 0.100. The lowest BCUT2D eigenvalue weighted by atomic mass is 10.1. The lowest BCUT2D eigenvalue weighted by Gasteiger charge is -1.95. The van der Waals surface area contributed by atoms with Crippen LogP contribution in [0.5, 0.6) is 0 Å². The number of alkyl halides is 1. The van der Waals surface area contributed by atoms with Gasteiger partial charge >= 0.3 is 5.97 Å². The van der Waals surface area contributed by atoms with E-state index in [1.807, 2.05) is 0 Å². The Bertz CT molecular complexity index is 331. The Morgan fingerprint density at radius 1 is 1.54 bits per heavy atom. The van der Waals surface area contributed by atoms with Gasteiger partial charge in [0, 0.05) is 6.08 Å². The molecule has 13 heavy (non-hydrogen) atoms. The summed E-state index contributed by atoms with van der Waals surface area (Å²) in [6, 6.07) is 6.67. The van der Waals surface area contributed by atoms with Crippen LogP contribution in [0.2, 0.25) is 0 Å². The van der Waals surface area contributed by atoms with Gasteiger partial charge in [-0.2, -0.15) is 0 Å². The summed E-state index contributed by atoms with van der Waals surface area (Å²) < 4.78 is 12.2. The van der Waals surface area contributed by atoms with Gasteiger partial charge in [-0.25, -0.2) is 9.18 Å². The average Bonchev–Trinajstić information content (AvgIpc) is 2.15. The normalized spacial score (nSPS) is 10.5. The van der Waals surface area contributed by atoms with Crippen molar-refractivity contribution in [2.45, 2.75) is 6.67 Å². The van der Waals surface area contributed by atoms with Gasteiger partial charge in [0.25, 0.3) is 0 Å². The third kappa shape index (κ3) is 3.07. The van der Waals surface area contributed by atoms with Crippen LogP contribution in [0.4, 0.5) is 4.39 Å². The van der Waals surface area contributed by atoms with Gasteiger partial charge < -0.3 is 5.11 Å². The number of carboxylic acid groups (broad SMARTS) is 1. The molecule has 0 aromatic heterocycles. The summed E-state index contributed by atoms with van der Waals surface area (Å²) in [5.74, 6) is -1.01. The molecule has 2 nitrogen and oxygen atoms in total. The Kier molecular flexibility index (Phi) is 3.20. The predicted octanol–water partition coefficient (Wildman–Crippen LogP) is 2.25. The molecule has 0 aliphatic rings. The van der Waals surface area contributed by atoms with Gasteiger partial charge in [-0.3, -0.25) is 0 Å². The van der Waals surface area contributed by atoms with Crippen LogP contribution in [0.15, 0.2) is 30.3 Å². The highest BCUT2D eigenvalue weighted by atomic mass is 19.1. The highest BCUT2D eigenvalue weighted by molar-refractivity contribution is 5.85. The monoisotopic (exact) mass is 180 g/mol. The van der Waals surface area contributed by atoms with E-state index in [9.17, 15) is 9.18 Å². The minimum absolute atomic E-state index is 0.533. The lowest BCUT2D eigenvalue weighted by Crippen LogP contribution is -1.86. The smallest absolute Gasteiger partial charge is 0.328 e. The van der Waals surface area contributed by atoms with E-state index in [2.05, 4.69) is 0 Å². The van der Waals surface area contributed by atoms with Crippen molar-refractivity contribution in [3.8, 4) is 0 Å². The second kappa shape index (κ2) is 4.40. The molecule has 0 saturated heterocycles. The second-order valence-electron chi connectivity index (χ2n) is 2.55. The topological polar surface area (TPSA) is 37.3 Å². The first kappa shape index (κ1) is 9.45. The molecule has 0 fully saturated rings. The van der Waals surface area contributed by atoms with Gasteiger partial charge in [-0.15, -0.1) is 0 Å². The predicted molar refractivity (Wildman–Crippen MR) is 47.9 cm³/mol. The Hall–Kier alpha value is -1.64. The summed E-state index contributed by atoms with van der Waals surface area (Å²) >= 11 is 0. The molecule has 0 spiro atoms. The van der Waals surface area contributed by atoms with Gasteiger partial charge in [-0.1, -0.05) is 18.2 Å². The van der Waals surface area contributed by atoms with E-state index in [1.165, 1.54) is 6.08 Å². The van der Waals surface area contributed by atoms with Crippen molar-refractivity contribution in [3.63, 3.8) is 0 Å². The molecule has 0 amide bonds. The van der Waals surface area contributed by atoms with Crippen LogP contribution in [-0.2, 0) is 11.5 Å². The Balaban J connectivity index is 2.83. The van der Waals surface area contributed by atoms with Gasteiger partial charge in [0.15, 0.2) is 0 Å². The third-order valence-electron chi connectivity index (χ3n) is 1.52. The van der Waals surface area contributed by atoms with Crippen molar-refractivity contribution in [1.82, 2.24) is 0 Å². The number of rotatable bonds is 3. The lowest BCUT2D eigenvalue weighted by molar-refractivity contribution is -0.131. The zero-order valence-electron chi connectivity index (χ0n) is 6.90. The molecule has 1 aromatic rings. The molecular formula is C10H9FO2. The highest BCUT2D eigenvalue weighted by Gasteiger charge is 1.92. The molecule has 68 valence electrons. The zero-order valence-corrected chi connectivity index (χ0v) is 6.90. The van der Waals surface area contributed by atoms with Crippen LogP contribution >= 0.6 is 0 Å². The maximum Gasteiger partial charge on any atom is 0.328 e. The Morgan fingerprint density at radius 2 is 2.31 bits per heavy atom. The number of carboxylic acids is 1. The molecule has 0 radical (unpaired) electrons. The summed E-state index contributed by atoms with van der Waals surface area (Å²) in [4.78, 5) is 10.2. The van der Waals surface area contributed by atoms with Crippen molar-refractivity contribution >= 4 is 12.0 Å². The van der Waals surface area contributed by atoms with Crippen LogP contribution in [0.1, 0.15) is 11.1 Å². The maximum absolute atomic E-state index is 12.2. The van der Waals surface area contributed by atoms with Gasteiger partial charge in [0.2, 0.25) is 0 Å². The second-order valence-corrected chi connectivity index (χ2v) is 2.55. The van der Waals surface area contributed by atoms with Crippen molar-refractivity contribution in [3.05, 3.63) is 41.5 Å². The Labute approximate surface area is 75.3 Å². The summed E-state index contributed by atoms with van der Waals surface area (Å²) in [5, 5.41) is 8.34. The van der Waals surface area contributed by atoms with Crippen LogP contribution in [0, 0.1) is 0 Å². The Morgan fingerprint density at radius 3 is 2.92 bits per heavy atom. The molecule has 0 bridgehead atoms. The van der Waals surface area contributed by atoms with Crippen molar-refractivity contribution in [1.29, 1.82) is 0 Å². The molecule has 0 saturated carbocycles. The first-order chi connectivity index (χ1) is 6.22. The molecule has 0 unspecified atom stereocenters. The minimum atomic E-state index is -1.01. The highest BCUT2D eigenvalue weighted by Crippen LogP contribution is 2.07. The minimum Gasteiger partial charge on any atom is -0.478 e. The van der Waals surface area contributed by atoms with E-state index in [4.69, 9.17) is 5.11 Å². The van der Waals surface area contributed by atoms with E-state index >= 15 is 0 Å². The average molecular weight is 180 g/mol. The largest absolute Gasteiger partial charge is 0.478 e. The first-order valence-corrected chi connectivity index (χ1v) is 3.78.